The third-order valence-corrected chi connectivity index (χ3v) is 6.82. The van der Waals surface area contributed by atoms with Gasteiger partial charge in [-0.1, -0.05) is 6.07 Å². The number of halogens is 1. The van der Waals surface area contributed by atoms with E-state index in [1.165, 1.54) is 36.5 Å². The standard InChI is InChI=1S/C21H25FN4O5S/c1-15(27)23-17-6-7-20(31-2)19(13-17)24-21(28)14-25-8-10-26(11-9-25)32(29,30)18-5-3-4-16(22)12-18/h3-7,12-13H,8-11,14H2,1-2H3,(H,23,27)(H,24,28). The third-order valence-electron chi connectivity index (χ3n) is 4.93. The van der Waals surface area contributed by atoms with Crippen LogP contribution < -0.4 is 15.4 Å². The first-order valence-electron chi connectivity index (χ1n) is 9.92. The van der Waals surface area contributed by atoms with Gasteiger partial charge in [0.15, 0.2) is 0 Å². The number of anilines is 2. The maximum atomic E-state index is 13.4. The number of rotatable bonds is 7. The average Bonchev–Trinajstić information content (AvgIpc) is 2.74. The Kier molecular flexibility index (Phi) is 7.44. The highest BCUT2D eigenvalue weighted by molar-refractivity contribution is 7.89. The molecular weight excluding hydrogens is 439 g/mol. The number of benzene rings is 2. The van der Waals surface area contributed by atoms with Crippen LogP contribution in [0.15, 0.2) is 47.4 Å². The molecule has 9 nitrogen and oxygen atoms in total. The van der Waals surface area contributed by atoms with E-state index in [4.69, 9.17) is 4.74 Å². The molecule has 1 fully saturated rings. The van der Waals surface area contributed by atoms with Gasteiger partial charge in [0.05, 0.1) is 24.2 Å². The molecule has 0 bridgehead atoms. The summed E-state index contributed by atoms with van der Waals surface area (Å²) >= 11 is 0. The van der Waals surface area contributed by atoms with Gasteiger partial charge in [-0.3, -0.25) is 14.5 Å². The normalized spacial score (nSPS) is 15.2. The molecule has 3 rings (SSSR count). The van der Waals surface area contributed by atoms with Crippen LogP contribution in [-0.4, -0.2) is 69.3 Å². The number of carbonyl (C=O) groups is 2. The highest BCUT2D eigenvalue weighted by Crippen LogP contribution is 2.28. The lowest BCUT2D eigenvalue weighted by Gasteiger charge is -2.33. The van der Waals surface area contributed by atoms with Crippen molar-refractivity contribution in [3.05, 3.63) is 48.3 Å². The Morgan fingerprint density at radius 2 is 1.78 bits per heavy atom. The lowest BCUT2D eigenvalue weighted by Crippen LogP contribution is -2.50. The first-order valence-corrected chi connectivity index (χ1v) is 11.4. The smallest absolute Gasteiger partial charge is 0.243 e. The van der Waals surface area contributed by atoms with Crippen LogP contribution in [0.25, 0.3) is 0 Å². The van der Waals surface area contributed by atoms with E-state index < -0.39 is 15.8 Å². The van der Waals surface area contributed by atoms with Gasteiger partial charge in [-0.2, -0.15) is 4.31 Å². The molecule has 0 aromatic heterocycles. The topological polar surface area (TPSA) is 108 Å². The van der Waals surface area contributed by atoms with Crippen molar-refractivity contribution in [3.8, 4) is 5.75 Å². The zero-order valence-electron chi connectivity index (χ0n) is 17.8. The van der Waals surface area contributed by atoms with E-state index >= 15 is 0 Å². The van der Waals surface area contributed by atoms with E-state index in [2.05, 4.69) is 10.6 Å². The van der Waals surface area contributed by atoms with Crippen LogP contribution in [0, 0.1) is 5.82 Å². The minimum atomic E-state index is -3.79. The van der Waals surface area contributed by atoms with Gasteiger partial charge >= 0.3 is 0 Å². The number of sulfonamides is 1. The second-order valence-electron chi connectivity index (χ2n) is 7.28. The molecule has 0 radical (unpaired) electrons. The number of hydrogen-bond acceptors (Lipinski definition) is 6. The van der Waals surface area contributed by atoms with Gasteiger partial charge in [0, 0.05) is 38.8 Å². The van der Waals surface area contributed by atoms with E-state index in [0.717, 1.165) is 6.07 Å². The molecule has 0 unspecified atom stereocenters. The van der Waals surface area contributed by atoms with Crippen LogP contribution in [0.3, 0.4) is 0 Å². The van der Waals surface area contributed by atoms with Crippen molar-refractivity contribution in [2.75, 3.05) is 50.5 Å². The lowest BCUT2D eigenvalue weighted by molar-refractivity contribution is -0.117. The summed E-state index contributed by atoms with van der Waals surface area (Å²) in [6.45, 7) is 2.52. The first kappa shape index (κ1) is 23.6. The summed E-state index contributed by atoms with van der Waals surface area (Å²) < 4.78 is 45.4. The van der Waals surface area contributed by atoms with E-state index in [-0.39, 0.29) is 36.3 Å². The molecule has 0 aliphatic carbocycles. The summed E-state index contributed by atoms with van der Waals surface area (Å²) in [7, 11) is -2.32. The van der Waals surface area contributed by atoms with Gasteiger partial charge in [0.2, 0.25) is 21.8 Å². The number of hydrogen-bond donors (Lipinski definition) is 2. The zero-order valence-corrected chi connectivity index (χ0v) is 18.6. The fourth-order valence-electron chi connectivity index (χ4n) is 3.38. The molecule has 172 valence electrons. The summed E-state index contributed by atoms with van der Waals surface area (Å²) in [5.74, 6) is -0.707. The van der Waals surface area contributed by atoms with Crippen LogP contribution in [0.4, 0.5) is 15.8 Å². The Hall–Kier alpha value is -3.02. The number of carbonyl (C=O) groups excluding carboxylic acids is 2. The van der Waals surface area contributed by atoms with Crippen LogP contribution in [0.2, 0.25) is 0 Å². The van der Waals surface area contributed by atoms with Gasteiger partial charge in [-0.15, -0.1) is 0 Å². The van der Waals surface area contributed by atoms with Gasteiger partial charge in [0.25, 0.3) is 0 Å². The Balaban J connectivity index is 1.58. The van der Waals surface area contributed by atoms with Crippen molar-refractivity contribution in [1.82, 2.24) is 9.21 Å². The molecule has 1 heterocycles. The van der Waals surface area contributed by atoms with Crippen LogP contribution >= 0.6 is 0 Å². The summed E-state index contributed by atoms with van der Waals surface area (Å²) in [4.78, 5) is 25.6. The molecule has 0 atom stereocenters. The van der Waals surface area contributed by atoms with Crippen molar-refractivity contribution >= 4 is 33.2 Å². The monoisotopic (exact) mass is 464 g/mol. The lowest BCUT2D eigenvalue weighted by atomic mass is 10.2. The molecule has 0 saturated carbocycles. The zero-order chi connectivity index (χ0) is 23.3. The Labute approximate surface area is 186 Å². The van der Waals surface area contributed by atoms with Crippen molar-refractivity contribution in [1.29, 1.82) is 0 Å². The van der Waals surface area contributed by atoms with E-state index in [1.807, 2.05) is 4.90 Å². The molecule has 32 heavy (non-hydrogen) atoms. The molecule has 1 aliphatic heterocycles. The van der Waals surface area contributed by atoms with Crippen LogP contribution in [-0.2, 0) is 19.6 Å². The second kappa shape index (κ2) is 10.1. The quantitative estimate of drug-likeness (QED) is 0.646. The van der Waals surface area contributed by atoms with E-state index in [9.17, 15) is 22.4 Å². The maximum Gasteiger partial charge on any atom is 0.243 e. The maximum absolute atomic E-state index is 13.4. The molecule has 1 saturated heterocycles. The second-order valence-corrected chi connectivity index (χ2v) is 9.22. The summed E-state index contributed by atoms with van der Waals surface area (Å²) in [5, 5.41) is 5.41. The number of nitrogens with one attached hydrogen (secondary N) is 2. The number of piperazine rings is 1. The highest BCUT2D eigenvalue weighted by atomic mass is 32.2. The molecule has 2 aromatic carbocycles. The van der Waals surface area contributed by atoms with Gasteiger partial charge in [-0.25, -0.2) is 12.8 Å². The van der Waals surface area contributed by atoms with Crippen molar-refractivity contribution < 1.29 is 27.1 Å². The Morgan fingerprint density at radius 3 is 2.41 bits per heavy atom. The summed E-state index contributed by atoms with van der Waals surface area (Å²) in [6.07, 6.45) is 0. The average molecular weight is 465 g/mol. The molecule has 2 N–H and O–H groups in total. The highest BCUT2D eigenvalue weighted by Gasteiger charge is 2.29. The fraction of sp³-hybridized carbons (Fsp3) is 0.333. The minimum Gasteiger partial charge on any atom is -0.495 e. The van der Waals surface area contributed by atoms with Gasteiger partial charge in [0.1, 0.15) is 11.6 Å². The number of amides is 2. The number of nitrogens with zero attached hydrogens (tertiary/aromatic N) is 2. The van der Waals surface area contributed by atoms with Crippen molar-refractivity contribution in [2.45, 2.75) is 11.8 Å². The van der Waals surface area contributed by atoms with E-state index in [1.54, 1.807) is 18.2 Å². The number of ether oxygens (including phenoxy) is 1. The Morgan fingerprint density at radius 1 is 1.06 bits per heavy atom. The third kappa shape index (κ3) is 5.81. The van der Waals surface area contributed by atoms with Gasteiger partial charge in [-0.05, 0) is 36.4 Å². The van der Waals surface area contributed by atoms with Crippen molar-refractivity contribution in [2.24, 2.45) is 0 Å². The molecule has 11 heteroatoms. The predicted octanol–water partition coefficient (Wildman–Crippen LogP) is 1.74. The van der Waals surface area contributed by atoms with E-state index in [0.29, 0.717) is 30.2 Å². The van der Waals surface area contributed by atoms with Gasteiger partial charge < -0.3 is 15.4 Å². The Bertz CT molecular complexity index is 1100. The number of methoxy groups -OCH3 is 1. The predicted molar refractivity (Wildman–Crippen MR) is 118 cm³/mol. The van der Waals surface area contributed by atoms with Crippen LogP contribution in [0.1, 0.15) is 6.92 Å². The van der Waals surface area contributed by atoms with Crippen molar-refractivity contribution in [3.63, 3.8) is 0 Å². The summed E-state index contributed by atoms with van der Waals surface area (Å²) in [6, 6.07) is 9.81. The molecular formula is C21H25FN4O5S. The molecule has 1 aliphatic rings. The van der Waals surface area contributed by atoms with Crippen LogP contribution in [0.5, 0.6) is 5.75 Å². The molecule has 2 aromatic rings. The summed E-state index contributed by atoms with van der Waals surface area (Å²) in [5.41, 5.74) is 0.931. The minimum absolute atomic E-state index is 0.0569. The largest absolute Gasteiger partial charge is 0.495 e. The molecule has 0 spiro atoms. The molecule has 2 amide bonds. The fourth-order valence-corrected chi connectivity index (χ4v) is 4.84. The SMILES string of the molecule is COc1ccc(NC(C)=O)cc1NC(=O)CN1CCN(S(=O)(=O)c2cccc(F)c2)CC1. The first-order chi connectivity index (χ1) is 15.2.